The molecule has 0 spiro atoms. The van der Waals surface area contributed by atoms with Gasteiger partial charge in [-0.2, -0.15) is 0 Å². The molecule has 1 aromatic rings. The summed E-state index contributed by atoms with van der Waals surface area (Å²) in [6, 6.07) is 6.67. The van der Waals surface area contributed by atoms with Crippen LogP contribution in [0.1, 0.15) is 26.7 Å². The van der Waals surface area contributed by atoms with Gasteiger partial charge in [0.25, 0.3) is 0 Å². The van der Waals surface area contributed by atoms with E-state index in [1.165, 1.54) is 12.8 Å². The fourth-order valence-electron chi connectivity index (χ4n) is 3.61. The fourth-order valence-corrected chi connectivity index (χ4v) is 4.83. The van der Waals surface area contributed by atoms with Gasteiger partial charge >= 0.3 is 0 Å². The first-order chi connectivity index (χ1) is 9.01. The predicted octanol–water partition coefficient (Wildman–Crippen LogP) is 4.83. The Bertz CT molecular complexity index is 469. The minimum absolute atomic E-state index is 0.194. The lowest BCUT2D eigenvalue weighted by Crippen LogP contribution is -2.67. The number of hydrogen-bond acceptors (Lipinski definition) is 2. The molecule has 0 amide bonds. The lowest BCUT2D eigenvalue weighted by atomic mass is 9.55. The highest BCUT2D eigenvalue weighted by atomic mass is 79.9. The topological polar surface area (TPSA) is 21.3 Å². The van der Waals surface area contributed by atoms with Crippen molar-refractivity contribution < 1.29 is 4.74 Å². The number of rotatable bonds is 2. The first kappa shape index (κ1) is 13.9. The predicted molar refractivity (Wildman–Crippen MR) is 85.5 cm³/mol. The summed E-state index contributed by atoms with van der Waals surface area (Å²) >= 11 is 7.26. The summed E-state index contributed by atoms with van der Waals surface area (Å²) < 4.78 is 8.18. The second-order valence-electron chi connectivity index (χ2n) is 6.14. The lowest BCUT2D eigenvalue weighted by molar-refractivity contribution is -0.177. The highest BCUT2D eigenvalue weighted by Gasteiger charge is 2.58. The number of hydrogen-bond donors (Lipinski definition) is 1. The molecule has 3 rings (SSSR count). The fraction of sp³-hybridized carbons (Fsp3) is 0.600. The van der Waals surface area contributed by atoms with Crippen LogP contribution in [0.5, 0.6) is 0 Å². The van der Waals surface area contributed by atoms with E-state index in [4.69, 9.17) is 4.74 Å². The van der Waals surface area contributed by atoms with Crippen molar-refractivity contribution in [3.63, 3.8) is 0 Å². The molecule has 1 saturated carbocycles. The molecule has 0 radical (unpaired) electrons. The van der Waals surface area contributed by atoms with Crippen molar-refractivity contribution in [2.24, 2.45) is 11.3 Å². The molecule has 19 heavy (non-hydrogen) atoms. The molecule has 1 N–H and O–H groups in total. The van der Waals surface area contributed by atoms with E-state index in [1.807, 2.05) is 6.07 Å². The number of fused-ring (bicyclic) bond motifs is 1. The standard InChI is InChI=1S/C15H19Br2NO/c1-15(2)13(9-5-4-8-19-14(9)15)18-12-10(16)6-3-7-11(12)17/h3,6-7,9,13-14,18H,4-5,8H2,1-2H3. The number of benzene rings is 1. The Labute approximate surface area is 131 Å². The van der Waals surface area contributed by atoms with Crippen molar-refractivity contribution in [3.8, 4) is 0 Å². The number of ether oxygens (including phenoxy) is 1. The van der Waals surface area contributed by atoms with E-state index >= 15 is 0 Å². The van der Waals surface area contributed by atoms with Gasteiger partial charge in [0.05, 0.1) is 11.8 Å². The molecular formula is C15H19Br2NO. The van der Waals surface area contributed by atoms with Gasteiger partial charge in [0.1, 0.15) is 0 Å². The van der Waals surface area contributed by atoms with Gasteiger partial charge in [0.15, 0.2) is 0 Å². The molecule has 2 aliphatic rings. The molecule has 104 valence electrons. The second-order valence-corrected chi connectivity index (χ2v) is 7.85. The van der Waals surface area contributed by atoms with Crippen LogP contribution in [0.4, 0.5) is 5.69 Å². The van der Waals surface area contributed by atoms with Gasteiger partial charge in [-0.25, -0.2) is 0 Å². The third-order valence-corrected chi connectivity index (χ3v) is 5.92. The number of nitrogens with one attached hydrogen (secondary N) is 1. The molecular weight excluding hydrogens is 370 g/mol. The van der Waals surface area contributed by atoms with Crippen LogP contribution < -0.4 is 5.32 Å². The van der Waals surface area contributed by atoms with Crippen LogP contribution in [0.3, 0.4) is 0 Å². The van der Waals surface area contributed by atoms with Gasteiger partial charge in [-0.05, 0) is 56.8 Å². The van der Waals surface area contributed by atoms with Crippen molar-refractivity contribution in [3.05, 3.63) is 27.1 Å². The molecule has 0 aromatic heterocycles. The molecule has 0 bridgehead atoms. The van der Waals surface area contributed by atoms with Gasteiger partial charge in [0.2, 0.25) is 0 Å². The maximum absolute atomic E-state index is 5.96. The van der Waals surface area contributed by atoms with Crippen LogP contribution in [-0.4, -0.2) is 18.8 Å². The van der Waals surface area contributed by atoms with E-state index < -0.39 is 0 Å². The Morgan fingerprint density at radius 2 is 1.95 bits per heavy atom. The Kier molecular flexibility index (Phi) is 3.69. The van der Waals surface area contributed by atoms with Crippen LogP contribution in [0.25, 0.3) is 0 Å². The Balaban J connectivity index is 1.83. The van der Waals surface area contributed by atoms with Gasteiger partial charge in [-0.15, -0.1) is 0 Å². The van der Waals surface area contributed by atoms with Crippen molar-refractivity contribution in [2.75, 3.05) is 11.9 Å². The molecule has 1 heterocycles. The summed E-state index contributed by atoms with van der Waals surface area (Å²) in [7, 11) is 0. The second kappa shape index (κ2) is 5.05. The summed E-state index contributed by atoms with van der Waals surface area (Å²) in [6.45, 7) is 5.54. The monoisotopic (exact) mass is 387 g/mol. The highest BCUT2D eigenvalue weighted by molar-refractivity contribution is 9.11. The smallest absolute Gasteiger partial charge is 0.0693 e. The van der Waals surface area contributed by atoms with Crippen LogP contribution >= 0.6 is 31.9 Å². The number of para-hydroxylation sites is 1. The maximum atomic E-state index is 5.96. The molecule has 1 aromatic carbocycles. The van der Waals surface area contributed by atoms with E-state index in [-0.39, 0.29) is 5.41 Å². The zero-order chi connectivity index (χ0) is 13.6. The van der Waals surface area contributed by atoms with E-state index in [2.05, 4.69) is 63.2 Å². The third-order valence-electron chi connectivity index (χ3n) is 4.59. The zero-order valence-electron chi connectivity index (χ0n) is 11.2. The summed E-state index contributed by atoms with van der Waals surface area (Å²) in [5.41, 5.74) is 1.35. The number of anilines is 1. The SMILES string of the molecule is CC1(C)C(Nc2c(Br)cccc2Br)C2CCCOC21. The van der Waals surface area contributed by atoms with Crippen LogP contribution in [0, 0.1) is 11.3 Å². The van der Waals surface area contributed by atoms with Crippen LogP contribution in [0.15, 0.2) is 27.1 Å². The molecule has 1 aliphatic heterocycles. The minimum atomic E-state index is 0.194. The average Bonchev–Trinajstić information content (AvgIpc) is 2.38. The van der Waals surface area contributed by atoms with E-state index in [9.17, 15) is 0 Å². The highest BCUT2D eigenvalue weighted by Crippen LogP contribution is 2.53. The third kappa shape index (κ3) is 2.26. The Hall–Kier alpha value is -0.0600. The van der Waals surface area contributed by atoms with Gasteiger partial charge in [-0.3, -0.25) is 0 Å². The van der Waals surface area contributed by atoms with Gasteiger partial charge < -0.3 is 10.1 Å². The van der Waals surface area contributed by atoms with Crippen LogP contribution in [0.2, 0.25) is 0 Å². The lowest BCUT2D eigenvalue weighted by Gasteiger charge is -2.60. The van der Waals surface area contributed by atoms with E-state index in [1.54, 1.807) is 0 Å². The molecule has 1 saturated heterocycles. The Morgan fingerprint density at radius 1 is 1.26 bits per heavy atom. The molecule has 3 unspecified atom stereocenters. The van der Waals surface area contributed by atoms with E-state index in [0.717, 1.165) is 21.2 Å². The number of halogens is 2. The van der Waals surface area contributed by atoms with Crippen molar-refractivity contribution >= 4 is 37.5 Å². The maximum Gasteiger partial charge on any atom is 0.0693 e. The summed E-state index contributed by atoms with van der Waals surface area (Å²) in [4.78, 5) is 0. The van der Waals surface area contributed by atoms with Crippen molar-refractivity contribution in [1.29, 1.82) is 0 Å². The molecule has 3 atom stereocenters. The summed E-state index contributed by atoms with van der Waals surface area (Å²) in [6.07, 6.45) is 2.88. The largest absolute Gasteiger partial charge is 0.379 e. The first-order valence-electron chi connectivity index (χ1n) is 6.84. The quantitative estimate of drug-likeness (QED) is 0.783. The van der Waals surface area contributed by atoms with E-state index in [0.29, 0.717) is 18.1 Å². The first-order valence-corrected chi connectivity index (χ1v) is 8.42. The van der Waals surface area contributed by atoms with Crippen molar-refractivity contribution in [2.45, 2.75) is 38.8 Å². The van der Waals surface area contributed by atoms with Crippen LogP contribution in [-0.2, 0) is 4.74 Å². The normalized spacial score (nSPS) is 32.3. The van der Waals surface area contributed by atoms with Gasteiger partial charge in [0, 0.05) is 32.9 Å². The average molecular weight is 389 g/mol. The Morgan fingerprint density at radius 3 is 2.63 bits per heavy atom. The van der Waals surface area contributed by atoms with Gasteiger partial charge in [-0.1, -0.05) is 19.9 Å². The van der Waals surface area contributed by atoms with Crippen molar-refractivity contribution in [1.82, 2.24) is 0 Å². The molecule has 4 heteroatoms. The summed E-state index contributed by atoms with van der Waals surface area (Å²) in [5.74, 6) is 0.641. The molecule has 2 fully saturated rings. The minimum Gasteiger partial charge on any atom is -0.379 e. The zero-order valence-corrected chi connectivity index (χ0v) is 14.4. The molecule has 1 aliphatic carbocycles. The molecule has 2 nitrogen and oxygen atoms in total. The summed E-state index contributed by atoms with van der Waals surface area (Å²) in [5, 5.41) is 3.73.